The zero-order chi connectivity index (χ0) is 37.5. The van der Waals surface area contributed by atoms with E-state index in [2.05, 4.69) is 184 Å². The van der Waals surface area contributed by atoms with Crippen LogP contribution >= 0.6 is 21.6 Å². The van der Waals surface area contributed by atoms with E-state index < -0.39 is 0 Å². The molecule has 0 N–H and O–H groups in total. The summed E-state index contributed by atoms with van der Waals surface area (Å²) >= 11 is 0. The fraction of sp³-hybridized carbons (Fsp3) is 0.208. The smallest absolute Gasteiger partial charge is 0.205 e. The normalized spacial score (nSPS) is 11.9. The van der Waals surface area contributed by atoms with Crippen molar-refractivity contribution in [3.63, 3.8) is 0 Å². The fourth-order valence-electron chi connectivity index (χ4n) is 5.90. The van der Waals surface area contributed by atoms with Crippen molar-refractivity contribution in [1.82, 2.24) is 0 Å². The minimum atomic E-state index is 0.809. The predicted octanol–water partition coefficient (Wildman–Crippen LogP) is 11.5. The lowest BCUT2D eigenvalue weighted by atomic mass is 10.1. The number of rotatable bonds is 21. The van der Waals surface area contributed by atoms with E-state index in [1.165, 1.54) is 39.3 Å². The number of allylic oxidation sites excluding steroid dienone is 5. The molecule has 5 aromatic rings. The van der Waals surface area contributed by atoms with Crippen LogP contribution in [0.5, 0.6) is 0 Å². The van der Waals surface area contributed by atoms with E-state index in [-0.39, 0.29) is 0 Å². The van der Waals surface area contributed by atoms with Crippen molar-refractivity contribution in [2.24, 2.45) is 4.99 Å². The first-order valence-electron chi connectivity index (χ1n) is 18.9. The SMILES string of the molecule is CCN=C\C=C/C=C/C=C/c1ccc(N(CCSSCCN(Cc2ccccc2)c2ccc(/C=C/c3cccc[n+]3CC)cc2)Cc2ccccc2)cc1. The largest absolute Gasteiger partial charge is 0.366 e. The van der Waals surface area contributed by atoms with Crippen LogP contribution < -0.4 is 14.4 Å². The first kappa shape index (κ1) is 40.2. The van der Waals surface area contributed by atoms with Crippen LogP contribution in [-0.4, -0.2) is 37.4 Å². The second kappa shape index (κ2) is 23.6. The molecule has 0 fully saturated rings. The molecule has 0 bridgehead atoms. The van der Waals surface area contributed by atoms with Gasteiger partial charge < -0.3 is 9.80 Å². The predicted molar refractivity (Wildman–Crippen MR) is 240 cm³/mol. The molecule has 0 spiro atoms. The number of hydrogen-bond acceptors (Lipinski definition) is 5. The highest BCUT2D eigenvalue weighted by molar-refractivity contribution is 8.76. The maximum Gasteiger partial charge on any atom is 0.205 e. The van der Waals surface area contributed by atoms with Crippen LogP contribution in [0.1, 0.15) is 41.8 Å². The molecule has 0 unspecified atom stereocenters. The zero-order valence-corrected chi connectivity index (χ0v) is 33.3. The summed E-state index contributed by atoms with van der Waals surface area (Å²) in [7, 11) is 3.94. The van der Waals surface area contributed by atoms with Gasteiger partial charge in [0.05, 0.1) is 0 Å². The van der Waals surface area contributed by atoms with Crippen molar-refractivity contribution in [2.45, 2.75) is 33.5 Å². The van der Waals surface area contributed by atoms with Crippen LogP contribution in [0, 0.1) is 0 Å². The average Bonchev–Trinajstić information content (AvgIpc) is 3.22. The van der Waals surface area contributed by atoms with Gasteiger partial charge in [-0.1, -0.05) is 137 Å². The molecule has 0 amide bonds. The molecule has 0 radical (unpaired) electrons. The topological polar surface area (TPSA) is 22.7 Å². The molecule has 1 aromatic heterocycles. The van der Waals surface area contributed by atoms with E-state index in [1.54, 1.807) is 0 Å². The Morgan fingerprint density at radius 1 is 0.537 bits per heavy atom. The molecule has 276 valence electrons. The molecule has 4 nitrogen and oxygen atoms in total. The Morgan fingerprint density at radius 3 is 1.61 bits per heavy atom. The third kappa shape index (κ3) is 14.1. The Hall–Kier alpha value is -5.04. The quantitative estimate of drug-likeness (QED) is 0.0245. The van der Waals surface area contributed by atoms with Gasteiger partial charge in [0.15, 0.2) is 6.20 Å². The first-order chi connectivity index (χ1) is 26.7. The third-order valence-electron chi connectivity index (χ3n) is 8.79. The van der Waals surface area contributed by atoms with Crippen molar-refractivity contribution in [3.8, 4) is 0 Å². The molecule has 0 aliphatic rings. The van der Waals surface area contributed by atoms with E-state index in [9.17, 15) is 0 Å². The standard InChI is InChI=1S/C48H53N4S2/c1-3-49-34-16-7-5-6-10-18-42-24-30-47(31-25-42)51(40-44-19-11-8-12-20-44)36-38-53-54-39-37-52(41-45-21-13-9-14-22-45)48-32-27-43(28-33-48)26-29-46-23-15-17-35-50(46)4-2/h5-35H,3-4,36-41H2,1-2H3/q+1/b6-5+,16-7-,18-10+,49-34?. The molecule has 1 heterocycles. The fourth-order valence-corrected chi connectivity index (χ4v) is 7.88. The summed E-state index contributed by atoms with van der Waals surface area (Å²) in [6, 6.07) is 45.8. The summed E-state index contributed by atoms with van der Waals surface area (Å²) < 4.78 is 2.25. The van der Waals surface area contributed by atoms with Crippen LogP contribution in [0.4, 0.5) is 11.4 Å². The zero-order valence-electron chi connectivity index (χ0n) is 31.7. The Bertz CT molecular complexity index is 1930. The molecule has 0 aliphatic carbocycles. The second-order valence-corrected chi connectivity index (χ2v) is 15.4. The third-order valence-corrected chi connectivity index (χ3v) is 11.2. The summed E-state index contributed by atoms with van der Waals surface area (Å²) in [6.07, 6.45) is 20.6. The van der Waals surface area contributed by atoms with E-state index in [0.29, 0.717) is 0 Å². The van der Waals surface area contributed by atoms with Crippen LogP contribution in [0.15, 0.2) is 169 Å². The van der Waals surface area contributed by atoms with Gasteiger partial charge in [-0.15, -0.1) is 0 Å². The summed E-state index contributed by atoms with van der Waals surface area (Å²) in [5.41, 5.74) is 8.75. The first-order valence-corrected chi connectivity index (χ1v) is 21.4. The van der Waals surface area contributed by atoms with Gasteiger partial charge in [-0.2, -0.15) is 4.57 Å². The number of aromatic nitrogens is 1. The van der Waals surface area contributed by atoms with Gasteiger partial charge in [0, 0.05) is 80.0 Å². The lowest BCUT2D eigenvalue weighted by molar-refractivity contribution is -0.695. The van der Waals surface area contributed by atoms with Crippen molar-refractivity contribution >= 4 is 57.4 Å². The molecule has 0 saturated heterocycles. The Morgan fingerprint density at radius 2 is 1.06 bits per heavy atom. The molecule has 54 heavy (non-hydrogen) atoms. The Labute approximate surface area is 331 Å². The molecular formula is C48H53N4S2+. The maximum absolute atomic E-state index is 4.19. The van der Waals surface area contributed by atoms with Gasteiger partial charge >= 0.3 is 0 Å². The van der Waals surface area contributed by atoms with Gasteiger partial charge in [-0.3, -0.25) is 4.99 Å². The van der Waals surface area contributed by atoms with Gasteiger partial charge in [-0.25, -0.2) is 0 Å². The lowest BCUT2D eigenvalue weighted by Gasteiger charge is -2.26. The summed E-state index contributed by atoms with van der Waals surface area (Å²) in [6.45, 7) is 9.70. The minimum Gasteiger partial charge on any atom is -0.366 e. The van der Waals surface area contributed by atoms with E-state index >= 15 is 0 Å². The Balaban J connectivity index is 1.15. The van der Waals surface area contributed by atoms with Gasteiger partial charge in [0.2, 0.25) is 5.69 Å². The van der Waals surface area contributed by atoms with Crippen LogP contribution in [0.3, 0.4) is 0 Å². The van der Waals surface area contributed by atoms with Crippen LogP contribution in [-0.2, 0) is 19.6 Å². The molecule has 0 saturated carbocycles. The van der Waals surface area contributed by atoms with Crippen molar-refractivity contribution in [2.75, 3.05) is 40.9 Å². The second-order valence-electron chi connectivity index (χ2n) is 12.7. The summed E-state index contributed by atoms with van der Waals surface area (Å²) in [5, 5.41) is 0. The van der Waals surface area contributed by atoms with E-state index in [0.717, 1.165) is 50.8 Å². The highest BCUT2D eigenvalue weighted by Crippen LogP contribution is 2.26. The number of hydrogen-bond donors (Lipinski definition) is 0. The number of aliphatic imine (C=N–C) groups is 1. The number of nitrogens with zero attached hydrogens (tertiary/aromatic N) is 4. The Kier molecular flexibility index (Phi) is 17.5. The van der Waals surface area contributed by atoms with Gasteiger partial charge in [-0.05, 0) is 78.6 Å². The molecule has 4 aromatic carbocycles. The molecule has 0 atom stereocenters. The van der Waals surface area contributed by atoms with E-state index in [1.807, 2.05) is 59.0 Å². The number of pyridine rings is 1. The van der Waals surface area contributed by atoms with Crippen molar-refractivity contribution < 1.29 is 4.57 Å². The highest BCUT2D eigenvalue weighted by atomic mass is 33.1. The summed E-state index contributed by atoms with van der Waals surface area (Å²) in [4.78, 5) is 9.19. The monoisotopic (exact) mass is 749 g/mol. The van der Waals surface area contributed by atoms with Crippen LogP contribution in [0.2, 0.25) is 0 Å². The molecule has 5 rings (SSSR count). The summed E-state index contributed by atoms with van der Waals surface area (Å²) in [5.74, 6) is 2.08. The van der Waals surface area contributed by atoms with Gasteiger partial charge in [0.25, 0.3) is 0 Å². The van der Waals surface area contributed by atoms with E-state index in [4.69, 9.17) is 0 Å². The maximum atomic E-state index is 4.19. The number of anilines is 2. The molecular weight excluding hydrogens is 697 g/mol. The number of aryl methyl sites for hydroxylation is 1. The highest BCUT2D eigenvalue weighted by Gasteiger charge is 2.11. The van der Waals surface area contributed by atoms with Gasteiger partial charge in [0.1, 0.15) is 6.54 Å². The van der Waals surface area contributed by atoms with Crippen molar-refractivity contribution in [1.29, 1.82) is 0 Å². The van der Waals surface area contributed by atoms with Crippen LogP contribution in [0.25, 0.3) is 18.2 Å². The average molecular weight is 750 g/mol. The van der Waals surface area contributed by atoms with Crippen molar-refractivity contribution in [3.05, 3.63) is 192 Å². The lowest BCUT2D eigenvalue weighted by Crippen LogP contribution is -2.34. The minimum absolute atomic E-state index is 0.809. The molecule has 6 heteroatoms. The molecule has 0 aliphatic heterocycles. The number of benzene rings is 4.